The van der Waals surface area contributed by atoms with E-state index in [1.807, 2.05) is 24.3 Å². The fourth-order valence-electron chi connectivity index (χ4n) is 2.39. The number of nitrogens with one attached hydrogen (secondary N) is 1. The van der Waals surface area contributed by atoms with Gasteiger partial charge in [0.2, 0.25) is 5.13 Å². The first kappa shape index (κ1) is 17.8. The van der Waals surface area contributed by atoms with Gasteiger partial charge in [0, 0.05) is 17.1 Å². The molecule has 0 aliphatic carbocycles. The number of benzene rings is 1. The molecule has 1 N–H and O–H groups in total. The highest BCUT2D eigenvalue weighted by Crippen LogP contribution is 2.28. The molecule has 3 rings (SSSR count). The summed E-state index contributed by atoms with van der Waals surface area (Å²) in [4.78, 5) is 27.8. The Morgan fingerprint density at radius 3 is 2.85 bits per heavy atom. The van der Waals surface area contributed by atoms with Crippen molar-refractivity contribution in [2.45, 2.75) is 20.3 Å². The predicted octanol–water partition coefficient (Wildman–Crippen LogP) is 3.50. The summed E-state index contributed by atoms with van der Waals surface area (Å²) in [5, 5.41) is 3.03. The molecule has 0 spiro atoms. The Hall–Kier alpha value is -3.00. The van der Waals surface area contributed by atoms with E-state index in [0.717, 1.165) is 17.1 Å². The molecule has 1 aromatic carbocycles. The Kier molecular flexibility index (Phi) is 5.13. The van der Waals surface area contributed by atoms with Gasteiger partial charge in [0.25, 0.3) is 5.91 Å². The molecule has 2 heterocycles. The third-order valence-electron chi connectivity index (χ3n) is 3.61. The molecule has 0 radical (unpaired) electrons. The monoisotopic (exact) mass is 371 g/mol. The van der Waals surface area contributed by atoms with Gasteiger partial charge in [-0.15, -0.1) is 0 Å². The number of Topliss-reactive ketones (excluding diaryl/α,β-unsaturated/α-hetero) is 1. The van der Waals surface area contributed by atoms with Crippen LogP contribution in [0.2, 0.25) is 0 Å². The highest BCUT2D eigenvalue weighted by atomic mass is 32.1. The largest absolute Gasteiger partial charge is 0.497 e. The van der Waals surface area contributed by atoms with Crippen LogP contribution in [-0.2, 0) is 11.2 Å². The number of methoxy groups -OCH3 is 1. The normalized spacial score (nSPS) is 10.6. The fourth-order valence-corrected chi connectivity index (χ4v) is 2.97. The van der Waals surface area contributed by atoms with Crippen molar-refractivity contribution in [1.82, 2.24) is 9.36 Å². The number of aryl methyl sites for hydroxylation is 1. The van der Waals surface area contributed by atoms with Crippen molar-refractivity contribution in [2.75, 3.05) is 12.4 Å². The molecule has 0 bridgehead atoms. The van der Waals surface area contributed by atoms with Gasteiger partial charge in [-0.3, -0.25) is 14.9 Å². The molecule has 0 saturated heterocycles. The molecule has 0 fully saturated rings. The molecule has 7 nitrogen and oxygen atoms in total. The zero-order valence-electron chi connectivity index (χ0n) is 14.5. The van der Waals surface area contributed by atoms with Gasteiger partial charge in [-0.05, 0) is 32.0 Å². The number of anilines is 1. The van der Waals surface area contributed by atoms with Crippen molar-refractivity contribution in [3.05, 3.63) is 47.5 Å². The molecule has 0 aliphatic rings. The van der Waals surface area contributed by atoms with Crippen LogP contribution in [0.5, 0.6) is 5.75 Å². The lowest BCUT2D eigenvalue weighted by Gasteiger charge is -2.01. The lowest BCUT2D eigenvalue weighted by molar-refractivity contribution is -0.116. The zero-order valence-corrected chi connectivity index (χ0v) is 15.3. The molecular formula is C18H17N3O4S. The molecule has 3 aromatic rings. The van der Waals surface area contributed by atoms with Crippen molar-refractivity contribution < 1.29 is 18.7 Å². The lowest BCUT2D eigenvalue weighted by atomic mass is 10.1. The second kappa shape index (κ2) is 7.49. The Bertz CT molecular complexity index is 961. The molecule has 8 heteroatoms. The minimum atomic E-state index is -0.342. The van der Waals surface area contributed by atoms with Crippen LogP contribution in [0.15, 0.2) is 34.7 Å². The summed E-state index contributed by atoms with van der Waals surface area (Å²) in [6.45, 7) is 3.19. The van der Waals surface area contributed by atoms with Gasteiger partial charge in [-0.2, -0.15) is 4.37 Å². The lowest BCUT2D eigenvalue weighted by Crippen LogP contribution is -2.12. The van der Waals surface area contributed by atoms with E-state index in [9.17, 15) is 9.59 Å². The van der Waals surface area contributed by atoms with Gasteiger partial charge in [0.05, 0.1) is 19.1 Å². The van der Waals surface area contributed by atoms with Crippen LogP contribution in [0.25, 0.3) is 11.3 Å². The first-order valence-corrected chi connectivity index (χ1v) is 8.62. The van der Waals surface area contributed by atoms with Crippen LogP contribution in [0.1, 0.15) is 28.9 Å². The highest BCUT2D eigenvalue weighted by Gasteiger charge is 2.18. The quantitative estimate of drug-likeness (QED) is 0.713. The number of carbonyl (C=O) groups excluding carboxylic acids is 2. The van der Waals surface area contributed by atoms with Crippen LogP contribution in [0.4, 0.5) is 5.13 Å². The smallest absolute Gasteiger partial charge is 0.261 e. The summed E-state index contributed by atoms with van der Waals surface area (Å²) in [7, 11) is 1.59. The summed E-state index contributed by atoms with van der Waals surface area (Å²) in [5.41, 5.74) is 1.22. The number of carbonyl (C=O) groups is 2. The number of amides is 1. The number of ketones is 1. The number of hydrogen-bond donors (Lipinski definition) is 1. The number of nitrogens with zero attached hydrogens (tertiary/aromatic N) is 2. The average molecular weight is 371 g/mol. The maximum atomic E-state index is 12.5. The highest BCUT2D eigenvalue weighted by molar-refractivity contribution is 7.09. The van der Waals surface area contributed by atoms with E-state index < -0.39 is 0 Å². The predicted molar refractivity (Wildman–Crippen MR) is 97.7 cm³/mol. The van der Waals surface area contributed by atoms with Gasteiger partial charge in [0.1, 0.15) is 23.1 Å². The van der Waals surface area contributed by atoms with Crippen LogP contribution >= 0.6 is 11.5 Å². The van der Waals surface area contributed by atoms with E-state index >= 15 is 0 Å². The molecule has 0 atom stereocenters. The Balaban J connectivity index is 1.78. The number of aromatic nitrogens is 2. The maximum absolute atomic E-state index is 12.5. The average Bonchev–Trinajstić information content (AvgIpc) is 3.20. The molecule has 0 unspecified atom stereocenters. The van der Waals surface area contributed by atoms with Crippen LogP contribution in [0.3, 0.4) is 0 Å². The van der Waals surface area contributed by atoms with Crippen molar-refractivity contribution in [2.24, 2.45) is 0 Å². The topological polar surface area (TPSA) is 94.3 Å². The Morgan fingerprint density at radius 2 is 2.12 bits per heavy atom. The minimum absolute atomic E-state index is 0.0331. The summed E-state index contributed by atoms with van der Waals surface area (Å²) in [6, 6.07) is 9.07. The van der Waals surface area contributed by atoms with Gasteiger partial charge >= 0.3 is 0 Å². The van der Waals surface area contributed by atoms with Crippen molar-refractivity contribution >= 4 is 28.4 Å². The standard InChI is InChI=1S/C18H17N3O4S/c1-10(22)7-16-19-18(26-21-16)20-17(23)14-9-15(25-11(14)2)12-5-4-6-13(8-12)24-3/h4-6,8-9H,7H2,1-3H3,(H,19,20,21,23). The first-order chi connectivity index (χ1) is 12.5. The number of furan rings is 1. The number of rotatable bonds is 6. The zero-order chi connectivity index (χ0) is 18.7. The third kappa shape index (κ3) is 3.97. The van der Waals surface area contributed by atoms with Crippen molar-refractivity contribution in [3.8, 4) is 17.1 Å². The second-order valence-corrected chi connectivity index (χ2v) is 6.41. The van der Waals surface area contributed by atoms with Gasteiger partial charge in [-0.1, -0.05) is 12.1 Å². The molecule has 2 aromatic heterocycles. The summed E-state index contributed by atoms with van der Waals surface area (Å²) in [5.74, 6) is 1.79. The third-order valence-corrected chi connectivity index (χ3v) is 4.28. The van der Waals surface area contributed by atoms with Gasteiger partial charge in [-0.25, -0.2) is 4.98 Å². The second-order valence-electron chi connectivity index (χ2n) is 5.66. The summed E-state index contributed by atoms with van der Waals surface area (Å²) in [6.07, 6.45) is 0.150. The number of ether oxygens (including phenoxy) is 1. The van der Waals surface area contributed by atoms with E-state index in [0.29, 0.717) is 33.8 Å². The van der Waals surface area contributed by atoms with Crippen LogP contribution in [0, 0.1) is 6.92 Å². The van der Waals surface area contributed by atoms with Gasteiger partial charge in [0.15, 0.2) is 5.82 Å². The van der Waals surface area contributed by atoms with E-state index in [4.69, 9.17) is 9.15 Å². The van der Waals surface area contributed by atoms with Crippen molar-refractivity contribution in [1.29, 1.82) is 0 Å². The minimum Gasteiger partial charge on any atom is -0.497 e. The summed E-state index contributed by atoms with van der Waals surface area (Å²) < 4.78 is 15.0. The Labute approximate surface area is 154 Å². The molecular weight excluding hydrogens is 354 g/mol. The van der Waals surface area contributed by atoms with E-state index in [1.54, 1.807) is 20.1 Å². The van der Waals surface area contributed by atoms with E-state index in [1.165, 1.54) is 6.92 Å². The van der Waals surface area contributed by atoms with E-state index in [2.05, 4.69) is 14.7 Å². The fraction of sp³-hybridized carbons (Fsp3) is 0.222. The maximum Gasteiger partial charge on any atom is 0.261 e. The molecule has 0 saturated carbocycles. The van der Waals surface area contributed by atoms with Crippen LogP contribution in [-0.4, -0.2) is 28.2 Å². The van der Waals surface area contributed by atoms with Crippen LogP contribution < -0.4 is 10.1 Å². The summed E-state index contributed by atoms with van der Waals surface area (Å²) >= 11 is 1.04. The first-order valence-electron chi connectivity index (χ1n) is 7.84. The molecule has 26 heavy (non-hydrogen) atoms. The number of hydrogen-bond acceptors (Lipinski definition) is 7. The SMILES string of the molecule is COc1cccc(-c2cc(C(=O)Nc3nc(CC(C)=O)ns3)c(C)o2)c1. The molecule has 134 valence electrons. The van der Waals surface area contributed by atoms with Gasteiger partial charge < -0.3 is 9.15 Å². The molecule has 1 amide bonds. The van der Waals surface area contributed by atoms with E-state index in [-0.39, 0.29) is 18.1 Å². The Morgan fingerprint density at radius 1 is 1.31 bits per heavy atom. The van der Waals surface area contributed by atoms with Crippen molar-refractivity contribution in [3.63, 3.8) is 0 Å². The molecule has 0 aliphatic heterocycles.